The number of hydrogen-bond acceptors (Lipinski definition) is 5. The lowest BCUT2D eigenvalue weighted by atomic mass is 9.92. The molecular weight excluding hydrogens is 258 g/mol. The van der Waals surface area contributed by atoms with Gasteiger partial charge in [-0.1, -0.05) is 6.92 Å². The van der Waals surface area contributed by atoms with Crippen LogP contribution in [0.3, 0.4) is 0 Å². The van der Waals surface area contributed by atoms with Crippen LogP contribution in [0.25, 0.3) is 0 Å². The van der Waals surface area contributed by atoms with Crippen molar-refractivity contribution in [2.45, 2.75) is 57.6 Å². The lowest BCUT2D eigenvalue weighted by molar-refractivity contribution is -0.131. The van der Waals surface area contributed by atoms with Crippen LogP contribution in [0.2, 0.25) is 0 Å². The van der Waals surface area contributed by atoms with Crippen molar-refractivity contribution in [2.24, 2.45) is 0 Å². The molecule has 2 aliphatic rings. The van der Waals surface area contributed by atoms with Crippen LogP contribution in [0, 0.1) is 0 Å². The summed E-state index contributed by atoms with van der Waals surface area (Å²) in [4.78, 5) is 14.0. The van der Waals surface area contributed by atoms with Gasteiger partial charge in [-0.05, 0) is 25.7 Å². The molecule has 20 heavy (non-hydrogen) atoms. The van der Waals surface area contributed by atoms with Gasteiger partial charge in [-0.3, -0.25) is 4.79 Å². The molecule has 0 aromatic carbocycles. The Morgan fingerprint density at radius 1 is 1.25 bits per heavy atom. The van der Waals surface area contributed by atoms with E-state index in [1.165, 1.54) is 0 Å². The largest absolute Gasteiger partial charge is 0.423 e. The molecule has 1 atom stereocenters. The molecule has 0 radical (unpaired) electrons. The minimum absolute atomic E-state index is 0.0617. The molecule has 0 aliphatic carbocycles. The lowest BCUT2D eigenvalue weighted by Gasteiger charge is -2.26. The average Bonchev–Trinajstić information content (AvgIpc) is 3.07. The van der Waals surface area contributed by atoms with Crippen LogP contribution in [-0.2, 0) is 22.5 Å². The molecule has 1 aromatic rings. The van der Waals surface area contributed by atoms with E-state index in [9.17, 15) is 4.79 Å². The van der Waals surface area contributed by atoms with Crippen molar-refractivity contribution in [1.82, 2.24) is 15.1 Å². The van der Waals surface area contributed by atoms with Gasteiger partial charge in [0.25, 0.3) is 0 Å². The Kier molecular flexibility index (Phi) is 3.74. The molecule has 3 heterocycles. The Hall–Kier alpha value is -1.43. The van der Waals surface area contributed by atoms with Gasteiger partial charge >= 0.3 is 0 Å². The van der Waals surface area contributed by atoms with Gasteiger partial charge in [-0.15, -0.1) is 10.2 Å². The van der Waals surface area contributed by atoms with E-state index in [0.717, 1.165) is 38.7 Å². The molecule has 1 spiro atoms. The Morgan fingerprint density at radius 2 is 2.10 bits per heavy atom. The first-order valence-electron chi connectivity index (χ1n) is 7.44. The van der Waals surface area contributed by atoms with Gasteiger partial charge in [0.15, 0.2) is 0 Å². The smallest absolute Gasteiger partial charge is 0.235 e. The number of amides is 1. The third-order valence-corrected chi connectivity index (χ3v) is 4.31. The van der Waals surface area contributed by atoms with Crippen LogP contribution in [0.15, 0.2) is 4.42 Å². The number of hydrogen-bond donors (Lipinski definition) is 0. The standard InChI is InChI=1S/C14H21N3O3/c1-2-11-15-16-12(20-11)10-17-8-7-14(5-3-9-19-14)6-4-13(17)18/h2-10H2,1H3/t14-/m1/s1. The number of nitrogens with zero attached hydrogens (tertiary/aromatic N) is 3. The van der Waals surface area contributed by atoms with Crippen LogP contribution in [0.1, 0.15) is 50.8 Å². The fourth-order valence-electron chi connectivity index (χ4n) is 3.06. The SMILES string of the molecule is CCc1nnc(CN2CC[C@@]3(CCCO3)CCC2=O)o1. The minimum atomic E-state index is -0.0617. The van der Waals surface area contributed by atoms with Crippen molar-refractivity contribution in [3.63, 3.8) is 0 Å². The third kappa shape index (κ3) is 2.70. The molecule has 1 amide bonds. The molecule has 3 rings (SSSR count). The fraction of sp³-hybridized carbons (Fsp3) is 0.786. The van der Waals surface area contributed by atoms with Gasteiger partial charge in [0.2, 0.25) is 17.7 Å². The van der Waals surface area contributed by atoms with Crippen LogP contribution >= 0.6 is 0 Å². The molecule has 2 saturated heterocycles. The number of carbonyl (C=O) groups excluding carboxylic acids is 1. The van der Waals surface area contributed by atoms with E-state index in [0.29, 0.717) is 31.3 Å². The highest BCUT2D eigenvalue weighted by Crippen LogP contribution is 2.36. The van der Waals surface area contributed by atoms with E-state index in [4.69, 9.17) is 9.15 Å². The Balaban J connectivity index is 1.65. The minimum Gasteiger partial charge on any atom is -0.423 e. The van der Waals surface area contributed by atoms with Crippen LogP contribution in [0.5, 0.6) is 0 Å². The third-order valence-electron chi connectivity index (χ3n) is 4.31. The Morgan fingerprint density at radius 3 is 2.80 bits per heavy atom. The Labute approximate surface area is 118 Å². The molecule has 2 fully saturated rings. The molecule has 6 heteroatoms. The van der Waals surface area contributed by atoms with E-state index in [2.05, 4.69) is 10.2 Å². The number of carbonyl (C=O) groups is 1. The maximum absolute atomic E-state index is 12.2. The van der Waals surface area contributed by atoms with Crippen LogP contribution in [-0.4, -0.2) is 39.8 Å². The first-order chi connectivity index (χ1) is 9.71. The average molecular weight is 279 g/mol. The number of ether oxygens (including phenoxy) is 1. The summed E-state index contributed by atoms with van der Waals surface area (Å²) in [5.41, 5.74) is -0.0617. The predicted molar refractivity (Wildman–Crippen MR) is 70.9 cm³/mol. The topological polar surface area (TPSA) is 68.5 Å². The predicted octanol–water partition coefficient (Wildman–Crippen LogP) is 1.69. The van der Waals surface area contributed by atoms with Gasteiger partial charge in [0.05, 0.1) is 12.1 Å². The Bertz CT molecular complexity index is 480. The van der Waals surface area contributed by atoms with E-state index in [-0.39, 0.29) is 11.5 Å². The summed E-state index contributed by atoms with van der Waals surface area (Å²) in [6, 6.07) is 0. The maximum Gasteiger partial charge on any atom is 0.235 e. The van der Waals surface area contributed by atoms with Crippen molar-refractivity contribution in [3.8, 4) is 0 Å². The van der Waals surface area contributed by atoms with E-state index >= 15 is 0 Å². The summed E-state index contributed by atoms with van der Waals surface area (Å²) in [6.45, 7) is 3.93. The number of aryl methyl sites for hydroxylation is 1. The van der Waals surface area contributed by atoms with E-state index in [1.807, 2.05) is 11.8 Å². The summed E-state index contributed by atoms with van der Waals surface area (Å²) in [6.07, 6.45) is 5.21. The molecule has 2 aliphatic heterocycles. The first kappa shape index (κ1) is 13.5. The summed E-state index contributed by atoms with van der Waals surface area (Å²) < 4.78 is 11.4. The summed E-state index contributed by atoms with van der Waals surface area (Å²) in [5, 5.41) is 7.93. The fourth-order valence-corrected chi connectivity index (χ4v) is 3.06. The number of likely N-dealkylation sites (tertiary alicyclic amines) is 1. The van der Waals surface area contributed by atoms with Gasteiger partial charge in [-0.25, -0.2) is 0 Å². The highest BCUT2D eigenvalue weighted by Gasteiger charge is 2.38. The monoisotopic (exact) mass is 279 g/mol. The zero-order chi connectivity index (χ0) is 14.0. The van der Waals surface area contributed by atoms with Crippen molar-refractivity contribution in [1.29, 1.82) is 0 Å². The molecular formula is C14H21N3O3. The van der Waals surface area contributed by atoms with Crippen molar-refractivity contribution in [3.05, 3.63) is 11.8 Å². The molecule has 110 valence electrons. The van der Waals surface area contributed by atoms with Crippen LogP contribution < -0.4 is 0 Å². The quantitative estimate of drug-likeness (QED) is 0.842. The lowest BCUT2D eigenvalue weighted by Crippen LogP contribution is -2.32. The first-order valence-corrected chi connectivity index (χ1v) is 7.44. The van der Waals surface area contributed by atoms with Gasteiger partial charge in [-0.2, -0.15) is 0 Å². The second kappa shape index (κ2) is 5.52. The molecule has 0 saturated carbocycles. The maximum atomic E-state index is 12.2. The van der Waals surface area contributed by atoms with Gasteiger partial charge in [0, 0.05) is 26.0 Å². The van der Waals surface area contributed by atoms with Crippen LogP contribution in [0.4, 0.5) is 0 Å². The van der Waals surface area contributed by atoms with Crippen molar-refractivity contribution in [2.75, 3.05) is 13.2 Å². The highest BCUT2D eigenvalue weighted by atomic mass is 16.5. The molecule has 0 bridgehead atoms. The molecule has 1 aromatic heterocycles. The molecule has 0 N–H and O–H groups in total. The van der Waals surface area contributed by atoms with Gasteiger partial charge in [0.1, 0.15) is 0 Å². The zero-order valence-corrected chi connectivity index (χ0v) is 11.9. The van der Waals surface area contributed by atoms with E-state index in [1.54, 1.807) is 0 Å². The second-order valence-electron chi connectivity index (χ2n) is 5.64. The second-order valence-corrected chi connectivity index (χ2v) is 5.64. The number of aromatic nitrogens is 2. The van der Waals surface area contributed by atoms with E-state index < -0.39 is 0 Å². The molecule has 0 unspecified atom stereocenters. The summed E-state index contributed by atoms with van der Waals surface area (Å²) in [7, 11) is 0. The highest BCUT2D eigenvalue weighted by molar-refractivity contribution is 5.76. The molecule has 6 nitrogen and oxygen atoms in total. The summed E-state index contributed by atoms with van der Waals surface area (Å²) in [5.74, 6) is 1.31. The number of rotatable bonds is 3. The van der Waals surface area contributed by atoms with Crippen molar-refractivity contribution >= 4 is 5.91 Å². The zero-order valence-electron chi connectivity index (χ0n) is 11.9. The van der Waals surface area contributed by atoms with Crippen molar-refractivity contribution < 1.29 is 13.9 Å². The summed E-state index contributed by atoms with van der Waals surface area (Å²) >= 11 is 0. The van der Waals surface area contributed by atoms with Gasteiger partial charge < -0.3 is 14.1 Å². The normalized spacial score (nSPS) is 27.2.